The topological polar surface area (TPSA) is 9.23 Å². The molecule has 1 rings (SSSR count). The van der Waals surface area contributed by atoms with Crippen LogP contribution in [0.4, 0.5) is 0 Å². The van der Waals surface area contributed by atoms with Crippen LogP contribution in [0.1, 0.15) is 5.56 Å². The molecule has 0 aliphatic heterocycles. The van der Waals surface area contributed by atoms with Gasteiger partial charge >= 0.3 is 0 Å². The van der Waals surface area contributed by atoms with Gasteiger partial charge in [0.2, 0.25) is 0 Å². The number of benzene rings is 1. The summed E-state index contributed by atoms with van der Waals surface area (Å²) >= 11 is 0. The summed E-state index contributed by atoms with van der Waals surface area (Å²) in [4.78, 5) is 0. The molecular formula is C16H22OSi. The highest BCUT2D eigenvalue weighted by Gasteiger charge is 2.06. The Morgan fingerprint density at radius 3 is 2.50 bits per heavy atom. The van der Waals surface area contributed by atoms with E-state index in [1.165, 1.54) is 5.56 Å². The molecule has 0 saturated heterocycles. The first-order valence-electron chi connectivity index (χ1n) is 6.34. The maximum Gasteiger partial charge on any atom is 0.129 e. The van der Waals surface area contributed by atoms with Crippen LogP contribution in [-0.4, -0.2) is 21.3 Å². The van der Waals surface area contributed by atoms with Crippen LogP contribution in [0.15, 0.2) is 42.5 Å². The highest BCUT2D eigenvalue weighted by Crippen LogP contribution is 2.00. The quantitative estimate of drug-likeness (QED) is 0.339. The molecule has 1 nitrogen and oxygen atoms in total. The van der Waals surface area contributed by atoms with E-state index < -0.39 is 8.07 Å². The van der Waals surface area contributed by atoms with E-state index >= 15 is 0 Å². The highest BCUT2D eigenvalue weighted by atomic mass is 28.3. The van der Waals surface area contributed by atoms with Crippen molar-refractivity contribution < 1.29 is 4.74 Å². The van der Waals surface area contributed by atoms with Crippen molar-refractivity contribution in [1.82, 2.24) is 0 Å². The van der Waals surface area contributed by atoms with Gasteiger partial charge in [-0.15, -0.1) is 5.54 Å². The third kappa shape index (κ3) is 7.89. The van der Waals surface area contributed by atoms with E-state index in [1.807, 2.05) is 6.07 Å². The fourth-order valence-electron chi connectivity index (χ4n) is 1.38. The molecule has 0 aromatic heterocycles. The monoisotopic (exact) mass is 258 g/mol. The summed E-state index contributed by atoms with van der Waals surface area (Å²) in [5.41, 5.74) is 4.60. The summed E-state index contributed by atoms with van der Waals surface area (Å²) < 4.78 is 5.43. The SMILES string of the molecule is C[Si](C)(C)C#CCOC/C=C/Cc1ccccc1. The molecule has 1 aromatic rings. The maximum atomic E-state index is 5.43. The van der Waals surface area contributed by atoms with Crippen molar-refractivity contribution in [2.24, 2.45) is 0 Å². The van der Waals surface area contributed by atoms with Crippen molar-refractivity contribution in [2.75, 3.05) is 13.2 Å². The van der Waals surface area contributed by atoms with Gasteiger partial charge in [-0.3, -0.25) is 0 Å². The smallest absolute Gasteiger partial charge is 0.129 e. The zero-order valence-corrected chi connectivity index (χ0v) is 12.6. The van der Waals surface area contributed by atoms with Crippen molar-refractivity contribution in [3.63, 3.8) is 0 Å². The number of ether oxygens (including phenoxy) is 1. The lowest BCUT2D eigenvalue weighted by atomic mass is 10.1. The van der Waals surface area contributed by atoms with Gasteiger partial charge in [0.05, 0.1) is 6.61 Å². The molecule has 18 heavy (non-hydrogen) atoms. The number of hydrogen-bond donors (Lipinski definition) is 0. The molecule has 0 amide bonds. The summed E-state index contributed by atoms with van der Waals surface area (Å²) in [6.45, 7) is 7.90. The fourth-order valence-corrected chi connectivity index (χ4v) is 1.98. The normalized spacial score (nSPS) is 11.3. The van der Waals surface area contributed by atoms with Gasteiger partial charge in [0.25, 0.3) is 0 Å². The molecule has 96 valence electrons. The van der Waals surface area contributed by atoms with Crippen molar-refractivity contribution in [1.29, 1.82) is 0 Å². The Kier molecular flexibility index (Phi) is 6.49. The van der Waals surface area contributed by atoms with Crippen molar-refractivity contribution in [2.45, 2.75) is 26.1 Å². The molecule has 2 heteroatoms. The standard InChI is InChI=1S/C16H22OSi/c1-18(2,3)15-9-14-17-13-8-7-12-16-10-5-4-6-11-16/h4-8,10-11H,12-14H2,1-3H3/b8-7+. The summed E-state index contributed by atoms with van der Waals surface area (Å²) in [5, 5.41) is 0. The Hall–Kier alpha value is -1.30. The van der Waals surface area contributed by atoms with Gasteiger partial charge < -0.3 is 4.74 Å². The van der Waals surface area contributed by atoms with Gasteiger partial charge in [-0.1, -0.05) is 68.0 Å². The van der Waals surface area contributed by atoms with Gasteiger partial charge in [0.15, 0.2) is 0 Å². The zero-order valence-electron chi connectivity index (χ0n) is 11.6. The van der Waals surface area contributed by atoms with Crippen molar-refractivity contribution in [3.05, 3.63) is 48.0 Å². The average molecular weight is 258 g/mol. The number of rotatable bonds is 5. The van der Waals surface area contributed by atoms with E-state index in [2.05, 4.69) is 67.5 Å². The molecule has 0 heterocycles. The third-order valence-corrected chi connectivity index (χ3v) is 3.14. The fraction of sp³-hybridized carbons (Fsp3) is 0.375. The van der Waals surface area contributed by atoms with Crippen LogP contribution in [0.25, 0.3) is 0 Å². The molecule has 0 unspecified atom stereocenters. The molecular weight excluding hydrogens is 236 g/mol. The Morgan fingerprint density at radius 1 is 1.11 bits per heavy atom. The summed E-state index contributed by atoms with van der Waals surface area (Å²) in [5.74, 6) is 3.09. The van der Waals surface area contributed by atoms with Crippen LogP contribution in [0.3, 0.4) is 0 Å². The van der Waals surface area contributed by atoms with Crippen LogP contribution < -0.4 is 0 Å². The molecule has 0 aliphatic carbocycles. The van der Waals surface area contributed by atoms with Gasteiger partial charge in [-0.05, 0) is 12.0 Å². The first kappa shape index (κ1) is 14.8. The minimum absolute atomic E-state index is 0.542. The Morgan fingerprint density at radius 2 is 1.83 bits per heavy atom. The van der Waals surface area contributed by atoms with Gasteiger partial charge in [-0.2, -0.15) is 0 Å². The predicted octanol–water partition coefficient (Wildman–Crippen LogP) is 3.68. The van der Waals surface area contributed by atoms with E-state index in [9.17, 15) is 0 Å². The molecule has 0 N–H and O–H groups in total. The Labute approximate surface area is 112 Å². The second kappa shape index (κ2) is 7.92. The van der Waals surface area contributed by atoms with Gasteiger partial charge in [0, 0.05) is 0 Å². The number of hydrogen-bond acceptors (Lipinski definition) is 1. The molecule has 0 bridgehead atoms. The molecule has 0 spiro atoms. The van der Waals surface area contributed by atoms with E-state index in [-0.39, 0.29) is 0 Å². The van der Waals surface area contributed by atoms with Gasteiger partial charge in [-0.25, -0.2) is 0 Å². The first-order chi connectivity index (χ1) is 8.58. The summed E-state index contributed by atoms with van der Waals surface area (Å²) in [6, 6.07) is 10.4. The minimum Gasteiger partial charge on any atom is -0.365 e. The lowest BCUT2D eigenvalue weighted by Crippen LogP contribution is -2.16. The van der Waals surface area contributed by atoms with Crippen LogP contribution in [0.5, 0.6) is 0 Å². The maximum absolute atomic E-state index is 5.43. The Balaban J connectivity index is 2.13. The van der Waals surface area contributed by atoms with E-state index in [4.69, 9.17) is 4.74 Å². The Bertz CT molecular complexity index is 418. The third-order valence-electron chi connectivity index (χ3n) is 2.21. The molecule has 0 saturated carbocycles. The molecule has 0 radical (unpaired) electrons. The molecule has 1 aromatic carbocycles. The summed E-state index contributed by atoms with van der Waals surface area (Å²) in [7, 11) is -1.24. The van der Waals surface area contributed by atoms with E-state index in [1.54, 1.807) is 0 Å². The molecule has 0 aliphatic rings. The van der Waals surface area contributed by atoms with Crippen LogP contribution in [0.2, 0.25) is 19.6 Å². The van der Waals surface area contributed by atoms with Crippen molar-refractivity contribution in [3.8, 4) is 11.5 Å². The first-order valence-corrected chi connectivity index (χ1v) is 9.84. The van der Waals surface area contributed by atoms with Crippen molar-refractivity contribution >= 4 is 8.07 Å². The predicted molar refractivity (Wildman–Crippen MR) is 81.2 cm³/mol. The van der Waals surface area contributed by atoms with Crippen LogP contribution >= 0.6 is 0 Å². The average Bonchev–Trinajstić information content (AvgIpc) is 2.32. The second-order valence-electron chi connectivity index (χ2n) is 5.23. The van der Waals surface area contributed by atoms with Crippen LogP contribution in [-0.2, 0) is 11.2 Å². The number of allylic oxidation sites excluding steroid dienone is 1. The highest BCUT2D eigenvalue weighted by molar-refractivity contribution is 6.83. The largest absolute Gasteiger partial charge is 0.365 e. The minimum atomic E-state index is -1.24. The molecule has 0 fully saturated rings. The lowest BCUT2D eigenvalue weighted by Gasteiger charge is -2.03. The zero-order chi connectivity index (χ0) is 13.3. The van der Waals surface area contributed by atoms with Crippen LogP contribution in [0, 0.1) is 11.5 Å². The van der Waals surface area contributed by atoms with Gasteiger partial charge in [0.1, 0.15) is 14.7 Å². The van der Waals surface area contributed by atoms with E-state index in [0.717, 1.165) is 6.42 Å². The lowest BCUT2D eigenvalue weighted by molar-refractivity contribution is 0.199. The molecule has 0 atom stereocenters. The second-order valence-corrected chi connectivity index (χ2v) is 9.98. The van der Waals surface area contributed by atoms with E-state index in [0.29, 0.717) is 13.2 Å². The summed E-state index contributed by atoms with van der Waals surface area (Å²) in [6.07, 6.45) is 5.16.